The number of ether oxygens (including phenoxy) is 2. The summed E-state index contributed by atoms with van der Waals surface area (Å²) in [5.41, 5.74) is 11.9. The Balaban J connectivity index is 1.62. The van der Waals surface area contributed by atoms with Gasteiger partial charge in [0.15, 0.2) is 0 Å². The first-order chi connectivity index (χ1) is 14.4. The summed E-state index contributed by atoms with van der Waals surface area (Å²) >= 11 is 0. The molecular weight excluding hydrogens is 408 g/mol. The molecule has 4 rings (SSSR count). The molecule has 1 fully saturated rings. The van der Waals surface area contributed by atoms with Crippen LogP contribution in [0.1, 0.15) is 10.5 Å². The molecule has 0 saturated carbocycles. The minimum atomic E-state index is -4.04. The summed E-state index contributed by atoms with van der Waals surface area (Å²) < 4.78 is 39.6. The molecule has 1 saturated heterocycles. The molecule has 0 bridgehead atoms. The van der Waals surface area contributed by atoms with E-state index < -0.39 is 22.0 Å². The number of aromatic nitrogens is 1. The van der Waals surface area contributed by atoms with Crippen molar-refractivity contribution in [3.8, 4) is 5.75 Å². The van der Waals surface area contributed by atoms with Crippen molar-refractivity contribution in [2.75, 3.05) is 32.0 Å². The molecule has 2 aromatic carbocycles. The summed E-state index contributed by atoms with van der Waals surface area (Å²) in [6.45, 7) is 0.637. The molecule has 0 spiro atoms. The van der Waals surface area contributed by atoms with Crippen molar-refractivity contribution in [1.82, 2.24) is 9.29 Å². The molecule has 30 heavy (non-hydrogen) atoms. The quantitative estimate of drug-likeness (QED) is 0.504. The number of fused-ring (bicyclic) bond motifs is 1. The van der Waals surface area contributed by atoms with Crippen molar-refractivity contribution < 1.29 is 22.7 Å². The molecule has 1 atom stereocenters. The average molecular weight is 430 g/mol. The summed E-state index contributed by atoms with van der Waals surface area (Å²) in [4.78, 5) is 14.6. The zero-order chi connectivity index (χ0) is 21.3. The van der Waals surface area contributed by atoms with Crippen molar-refractivity contribution in [2.45, 2.75) is 11.0 Å². The third kappa shape index (κ3) is 3.72. The van der Waals surface area contributed by atoms with Gasteiger partial charge in [-0.3, -0.25) is 4.79 Å². The number of rotatable bonds is 6. The molecule has 1 aromatic heterocycles. The van der Waals surface area contributed by atoms with Gasteiger partial charge in [-0.05, 0) is 18.2 Å². The van der Waals surface area contributed by atoms with Crippen LogP contribution >= 0.6 is 0 Å². The largest absolute Gasteiger partial charge is 0.491 e. The normalized spacial score (nSPS) is 17.8. The van der Waals surface area contributed by atoms with Crippen molar-refractivity contribution in [2.24, 2.45) is 5.73 Å². The summed E-state index contributed by atoms with van der Waals surface area (Å²) in [6.07, 6.45) is -0.457. The third-order valence-corrected chi connectivity index (χ3v) is 6.89. The number of primary amides is 1. The van der Waals surface area contributed by atoms with Crippen LogP contribution in [-0.2, 0) is 14.8 Å². The average Bonchev–Trinajstić information content (AvgIpc) is 3.15. The number of hydrogen-bond acceptors (Lipinski definition) is 6. The predicted molar refractivity (Wildman–Crippen MR) is 112 cm³/mol. The number of amides is 1. The van der Waals surface area contributed by atoms with Crippen LogP contribution < -0.4 is 16.2 Å². The van der Waals surface area contributed by atoms with Crippen LogP contribution in [0.4, 0.5) is 5.69 Å². The highest BCUT2D eigenvalue weighted by Crippen LogP contribution is 2.33. The Morgan fingerprint density at radius 1 is 1.20 bits per heavy atom. The third-order valence-electron chi connectivity index (χ3n) is 4.94. The first-order valence-corrected chi connectivity index (χ1v) is 10.8. The SMILES string of the molecule is NC(=O)c1[nH]c2c(N)cccc2c1S(=O)(=O)N1CCO[C@H](COc2ccccc2)C1. The van der Waals surface area contributed by atoms with Crippen LogP contribution in [0.2, 0.25) is 0 Å². The molecule has 3 aromatic rings. The smallest absolute Gasteiger partial charge is 0.266 e. The van der Waals surface area contributed by atoms with Crippen LogP contribution in [0.5, 0.6) is 5.75 Å². The number of H-pyrrole nitrogens is 1. The topological polar surface area (TPSA) is 141 Å². The Morgan fingerprint density at radius 3 is 2.70 bits per heavy atom. The number of carbonyl (C=O) groups excluding carboxylic acids is 1. The lowest BCUT2D eigenvalue weighted by atomic mass is 10.2. The molecule has 0 radical (unpaired) electrons. The highest BCUT2D eigenvalue weighted by atomic mass is 32.2. The van der Waals surface area contributed by atoms with Gasteiger partial charge in [0.2, 0.25) is 10.0 Å². The Labute approximate surface area is 173 Å². The van der Waals surface area contributed by atoms with Gasteiger partial charge < -0.3 is 25.9 Å². The maximum atomic E-state index is 13.5. The van der Waals surface area contributed by atoms with E-state index in [2.05, 4.69) is 4.98 Å². The van der Waals surface area contributed by atoms with E-state index in [-0.39, 0.29) is 36.9 Å². The van der Waals surface area contributed by atoms with E-state index in [1.807, 2.05) is 30.3 Å². The number of morpholine rings is 1. The second-order valence-electron chi connectivity index (χ2n) is 6.94. The molecule has 5 N–H and O–H groups in total. The number of carbonyl (C=O) groups is 1. The summed E-state index contributed by atoms with van der Waals surface area (Å²) in [5, 5.41) is 0.326. The number of sulfonamides is 1. The first-order valence-electron chi connectivity index (χ1n) is 9.37. The van der Waals surface area contributed by atoms with Crippen LogP contribution in [0.15, 0.2) is 53.4 Å². The maximum Gasteiger partial charge on any atom is 0.266 e. The van der Waals surface area contributed by atoms with Gasteiger partial charge in [0, 0.05) is 18.5 Å². The Hall–Kier alpha value is -3.08. The molecule has 1 aliphatic heterocycles. The number of nitrogens with zero attached hydrogens (tertiary/aromatic N) is 1. The fraction of sp³-hybridized carbons (Fsp3) is 0.250. The van der Waals surface area contributed by atoms with E-state index in [0.717, 1.165) is 0 Å². The van der Waals surface area contributed by atoms with Crippen molar-refractivity contribution >= 4 is 32.5 Å². The summed E-state index contributed by atoms with van der Waals surface area (Å²) in [6, 6.07) is 14.0. The van der Waals surface area contributed by atoms with E-state index in [9.17, 15) is 13.2 Å². The lowest BCUT2D eigenvalue weighted by molar-refractivity contribution is -0.0249. The maximum absolute atomic E-state index is 13.5. The molecule has 0 unspecified atom stereocenters. The van der Waals surface area contributed by atoms with Gasteiger partial charge in [-0.15, -0.1) is 0 Å². The highest BCUT2D eigenvalue weighted by molar-refractivity contribution is 7.89. The van der Waals surface area contributed by atoms with E-state index in [0.29, 0.717) is 22.3 Å². The number of nitrogens with two attached hydrogens (primary N) is 2. The van der Waals surface area contributed by atoms with Crippen LogP contribution in [-0.4, -0.2) is 56.0 Å². The minimum Gasteiger partial charge on any atom is -0.491 e. The Morgan fingerprint density at radius 2 is 1.97 bits per heavy atom. The molecule has 1 amide bonds. The van der Waals surface area contributed by atoms with Gasteiger partial charge in [0.05, 0.1) is 17.8 Å². The van der Waals surface area contributed by atoms with Gasteiger partial charge in [0.1, 0.15) is 29.0 Å². The molecule has 1 aliphatic rings. The number of nitrogens with one attached hydrogen (secondary N) is 1. The highest BCUT2D eigenvalue weighted by Gasteiger charge is 2.36. The Kier molecular flexibility index (Phi) is 5.37. The minimum absolute atomic E-state index is 0.0857. The number of aromatic amines is 1. The molecule has 9 nitrogen and oxygen atoms in total. The van der Waals surface area contributed by atoms with Crippen LogP contribution in [0.25, 0.3) is 10.9 Å². The zero-order valence-corrected chi connectivity index (χ0v) is 16.9. The first kappa shape index (κ1) is 20.2. The second-order valence-corrected chi connectivity index (χ2v) is 8.82. The number of hydrogen-bond donors (Lipinski definition) is 3. The van der Waals surface area contributed by atoms with Crippen LogP contribution in [0.3, 0.4) is 0 Å². The van der Waals surface area contributed by atoms with E-state index >= 15 is 0 Å². The number of nitrogen functional groups attached to an aromatic ring is 1. The lowest BCUT2D eigenvalue weighted by Gasteiger charge is -2.32. The van der Waals surface area contributed by atoms with Gasteiger partial charge >= 0.3 is 0 Å². The van der Waals surface area contributed by atoms with E-state index in [1.54, 1.807) is 18.2 Å². The molecular formula is C20H22N4O5S. The van der Waals surface area contributed by atoms with Crippen LogP contribution in [0, 0.1) is 0 Å². The van der Waals surface area contributed by atoms with Gasteiger partial charge in [-0.1, -0.05) is 30.3 Å². The van der Waals surface area contributed by atoms with E-state index in [4.69, 9.17) is 20.9 Å². The molecule has 158 valence electrons. The van der Waals surface area contributed by atoms with Crippen molar-refractivity contribution in [1.29, 1.82) is 0 Å². The fourth-order valence-electron chi connectivity index (χ4n) is 3.50. The van der Waals surface area contributed by atoms with E-state index in [1.165, 1.54) is 4.31 Å². The van der Waals surface area contributed by atoms with Gasteiger partial charge in [-0.2, -0.15) is 4.31 Å². The van der Waals surface area contributed by atoms with Crippen molar-refractivity contribution in [3.63, 3.8) is 0 Å². The molecule has 2 heterocycles. The van der Waals surface area contributed by atoms with Gasteiger partial charge in [0.25, 0.3) is 5.91 Å². The number of benzene rings is 2. The summed E-state index contributed by atoms with van der Waals surface area (Å²) in [5.74, 6) is -0.203. The number of anilines is 1. The number of para-hydroxylation sites is 2. The molecule has 0 aliphatic carbocycles. The second kappa shape index (κ2) is 7.98. The standard InChI is InChI=1S/C20H22N4O5S/c21-16-8-4-7-15-17(16)23-18(20(22)25)19(15)30(26,27)24-9-10-28-14(11-24)12-29-13-5-2-1-3-6-13/h1-8,14,23H,9-12,21H2,(H2,22,25)/t14-/m0/s1. The van der Waals surface area contributed by atoms with Gasteiger partial charge in [-0.25, -0.2) is 8.42 Å². The molecule has 10 heteroatoms. The predicted octanol–water partition coefficient (Wildman–Crippen LogP) is 1.32. The summed E-state index contributed by atoms with van der Waals surface area (Å²) in [7, 11) is -4.04. The monoisotopic (exact) mass is 430 g/mol. The fourth-order valence-corrected chi connectivity index (χ4v) is 5.30. The Bertz CT molecular complexity index is 1180. The van der Waals surface area contributed by atoms with Crippen molar-refractivity contribution in [3.05, 3.63) is 54.2 Å². The lowest BCUT2D eigenvalue weighted by Crippen LogP contribution is -2.47. The zero-order valence-electron chi connectivity index (χ0n) is 16.1.